The summed E-state index contributed by atoms with van der Waals surface area (Å²) in [5.41, 5.74) is -1.21. The number of nitrogens with one attached hydrogen (secondary N) is 1. The number of amides is 1. The lowest BCUT2D eigenvalue weighted by molar-refractivity contribution is 0.102. The fourth-order valence-corrected chi connectivity index (χ4v) is 4.84. The van der Waals surface area contributed by atoms with E-state index in [1.807, 2.05) is 0 Å². The van der Waals surface area contributed by atoms with Gasteiger partial charge in [-0.25, -0.2) is 17.7 Å². The molecule has 1 atom stereocenters. The molecule has 0 unspecified atom stereocenters. The second-order valence-electron chi connectivity index (χ2n) is 7.17. The topological polar surface area (TPSA) is 114 Å². The van der Waals surface area contributed by atoms with Gasteiger partial charge in [-0.3, -0.25) is 9.59 Å². The molecule has 0 radical (unpaired) electrons. The number of aromatic nitrogens is 3. The molecular weight excluding hydrogens is 406 g/mol. The van der Waals surface area contributed by atoms with Gasteiger partial charge in [-0.05, 0) is 25.0 Å². The lowest BCUT2D eigenvalue weighted by Crippen LogP contribution is -2.35. The van der Waals surface area contributed by atoms with Gasteiger partial charge in [0.1, 0.15) is 17.2 Å². The summed E-state index contributed by atoms with van der Waals surface area (Å²) in [6.07, 6.45) is 5.35. The Bertz CT molecular complexity index is 1120. The Kier molecular flexibility index (Phi) is 4.52. The summed E-state index contributed by atoms with van der Waals surface area (Å²) in [7, 11) is -3.30. The molecule has 1 fully saturated rings. The first-order valence-electron chi connectivity index (χ1n) is 8.68. The fourth-order valence-electron chi connectivity index (χ4n) is 3.83. The van der Waals surface area contributed by atoms with Gasteiger partial charge in [0.05, 0.1) is 11.3 Å². The van der Waals surface area contributed by atoms with Crippen LogP contribution in [0.5, 0.6) is 0 Å². The maximum atomic E-state index is 12.5. The number of hydrogen-bond donors (Lipinski definition) is 1. The molecule has 1 amide bonds. The number of halogens is 1. The van der Waals surface area contributed by atoms with Gasteiger partial charge >= 0.3 is 0 Å². The molecule has 2 aliphatic rings. The van der Waals surface area contributed by atoms with Crippen LogP contribution in [0.25, 0.3) is 0 Å². The van der Waals surface area contributed by atoms with Crippen molar-refractivity contribution in [2.75, 3.05) is 24.7 Å². The van der Waals surface area contributed by atoms with Gasteiger partial charge in [0, 0.05) is 37.4 Å². The minimum atomic E-state index is -3.30. The Morgan fingerprint density at radius 3 is 2.68 bits per heavy atom. The normalized spacial score (nSPS) is 21.8. The second kappa shape index (κ2) is 6.64. The second-order valence-corrected chi connectivity index (χ2v) is 9.59. The number of carbonyl (C=O) groups excluding carboxylic acids is 1. The first-order chi connectivity index (χ1) is 13.2. The Morgan fingerprint density at radius 1 is 1.29 bits per heavy atom. The summed E-state index contributed by atoms with van der Waals surface area (Å²) in [5, 5.41) is 2.99. The first kappa shape index (κ1) is 19.0. The van der Waals surface area contributed by atoms with Crippen LogP contribution in [0.15, 0.2) is 29.3 Å². The Labute approximate surface area is 166 Å². The van der Waals surface area contributed by atoms with Crippen molar-refractivity contribution >= 4 is 33.3 Å². The van der Waals surface area contributed by atoms with Crippen molar-refractivity contribution in [3.8, 4) is 0 Å². The summed E-state index contributed by atoms with van der Waals surface area (Å²) < 4.78 is 26.9. The summed E-state index contributed by atoms with van der Waals surface area (Å²) in [6, 6.07) is 3.11. The highest BCUT2D eigenvalue weighted by Gasteiger charge is 2.48. The molecule has 0 aliphatic carbocycles. The highest BCUT2D eigenvalue weighted by molar-refractivity contribution is 7.88. The number of pyridine rings is 1. The highest BCUT2D eigenvalue weighted by atomic mass is 35.5. The van der Waals surface area contributed by atoms with Crippen molar-refractivity contribution in [2.45, 2.75) is 24.8 Å². The number of rotatable bonds is 3. The standard InChI is InChI=1S/C17H18ClN5O4S/c1-28(26,27)23-7-5-17(10-23)4-6-22-9-12(15(25)21-16(17)22)14(24)20-13-3-2-11(18)8-19-13/h2-3,8-9H,4-7,10H2,1H3,(H,19,20,24)/t17-/m1/s1. The summed E-state index contributed by atoms with van der Waals surface area (Å²) in [4.78, 5) is 33.2. The van der Waals surface area contributed by atoms with Crippen LogP contribution < -0.4 is 10.9 Å². The van der Waals surface area contributed by atoms with Gasteiger partial charge in [0.2, 0.25) is 10.0 Å². The van der Waals surface area contributed by atoms with E-state index in [0.717, 1.165) is 0 Å². The van der Waals surface area contributed by atoms with Crippen LogP contribution >= 0.6 is 11.6 Å². The minimum absolute atomic E-state index is 0.0875. The number of aryl methyl sites for hydroxylation is 1. The minimum Gasteiger partial charge on any atom is -0.335 e. The van der Waals surface area contributed by atoms with Crippen LogP contribution in [0.2, 0.25) is 5.02 Å². The zero-order valence-electron chi connectivity index (χ0n) is 15.1. The average Bonchev–Trinajstić information content (AvgIpc) is 3.22. The monoisotopic (exact) mass is 423 g/mol. The Morgan fingerprint density at radius 2 is 2.04 bits per heavy atom. The zero-order valence-corrected chi connectivity index (χ0v) is 16.6. The number of fused-ring (bicyclic) bond motifs is 2. The maximum Gasteiger partial charge on any atom is 0.285 e. The van der Waals surface area contributed by atoms with Crippen LogP contribution in [0.4, 0.5) is 5.82 Å². The largest absolute Gasteiger partial charge is 0.335 e. The third-order valence-corrected chi connectivity index (χ3v) is 6.78. The van der Waals surface area contributed by atoms with E-state index in [2.05, 4.69) is 15.3 Å². The summed E-state index contributed by atoms with van der Waals surface area (Å²) in [6.45, 7) is 1.28. The lowest BCUT2D eigenvalue weighted by atomic mass is 9.85. The van der Waals surface area contributed by atoms with Crippen LogP contribution in [0.3, 0.4) is 0 Å². The predicted octanol–water partition coefficient (Wildman–Crippen LogP) is 0.851. The smallest absolute Gasteiger partial charge is 0.285 e. The van der Waals surface area contributed by atoms with Crippen LogP contribution in [-0.2, 0) is 22.0 Å². The third-order valence-electron chi connectivity index (χ3n) is 5.30. The van der Waals surface area contributed by atoms with E-state index in [9.17, 15) is 18.0 Å². The molecule has 2 aromatic heterocycles. The molecule has 28 heavy (non-hydrogen) atoms. The average molecular weight is 424 g/mol. The molecule has 1 saturated heterocycles. The van der Waals surface area contributed by atoms with E-state index < -0.39 is 26.9 Å². The number of nitrogens with zero attached hydrogens (tertiary/aromatic N) is 4. The maximum absolute atomic E-state index is 12.5. The first-order valence-corrected chi connectivity index (χ1v) is 10.9. The van der Waals surface area contributed by atoms with E-state index in [1.54, 1.807) is 10.6 Å². The SMILES string of the molecule is CS(=O)(=O)N1CC[C@]2(CCn3cc(C(=O)Nc4ccc(Cl)cn4)c(=O)nc32)C1. The number of anilines is 1. The lowest BCUT2D eigenvalue weighted by Gasteiger charge is -2.22. The van der Waals surface area contributed by atoms with Crippen molar-refractivity contribution in [1.82, 2.24) is 18.8 Å². The van der Waals surface area contributed by atoms with Gasteiger partial charge in [0.15, 0.2) is 0 Å². The molecule has 11 heteroatoms. The van der Waals surface area contributed by atoms with Gasteiger partial charge in [-0.1, -0.05) is 11.6 Å². The van der Waals surface area contributed by atoms with Gasteiger partial charge in [-0.2, -0.15) is 4.98 Å². The van der Waals surface area contributed by atoms with E-state index in [1.165, 1.54) is 29.0 Å². The van der Waals surface area contributed by atoms with E-state index >= 15 is 0 Å². The quantitative estimate of drug-likeness (QED) is 0.782. The highest BCUT2D eigenvalue weighted by Crippen LogP contribution is 2.41. The number of hydrogen-bond acceptors (Lipinski definition) is 6. The fraction of sp³-hybridized carbons (Fsp3) is 0.412. The Hall–Kier alpha value is -2.30. The number of carbonyl (C=O) groups is 1. The third kappa shape index (κ3) is 3.31. The number of sulfonamides is 1. The van der Waals surface area contributed by atoms with Crippen molar-refractivity contribution in [3.05, 3.63) is 51.3 Å². The molecule has 2 aromatic rings. The zero-order chi connectivity index (χ0) is 20.1. The molecule has 0 bridgehead atoms. The molecule has 148 valence electrons. The van der Waals surface area contributed by atoms with Crippen LogP contribution in [-0.4, -0.2) is 52.5 Å². The van der Waals surface area contributed by atoms with Gasteiger partial charge < -0.3 is 9.88 Å². The molecular formula is C17H18ClN5O4S. The Balaban J connectivity index is 1.62. The molecule has 4 rings (SSSR count). The summed E-state index contributed by atoms with van der Waals surface area (Å²) in [5.74, 6) is 0.216. The van der Waals surface area contributed by atoms with Crippen LogP contribution in [0, 0.1) is 0 Å². The van der Waals surface area contributed by atoms with Gasteiger partial charge in [0.25, 0.3) is 11.5 Å². The van der Waals surface area contributed by atoms with Crippen molar-refractivity contribution in [3.63, 3.8) is 0 Å². The molecule has 0 saturated carbocycles. The van der Waals surface area contributed by atoms with Gasteiger partial charge in [-0.15, -0.1) is 0 Å². The van der Waals surface area contributed by atoms with Crippen molar-refractivity contribution in [1.29, 1.82) is 0 Å². The van der Waals surface area contributed by atoms with Crippen LogP contribution in [0.1, 0.15) is 29.0 Å². The van der Waals surface area contributed by atoms with E-state index in [4.69, 9.17) is 11.6 Å². The molecule has 1 spiro atoms. The predicted molar refractivity (Wildman–Crippen MR) is 103 cm³/mol. The van der Waals surface area contributed by atoms with Crippen molar-refractivity contribution in [2.24, 2.45) is 0 Å². The molecule has 9 nitrogen and oxygen atoms in total. The molecule has 2 aliphatic heterocycles. The molecule has 1 N–H and O–H groups in total. The molecule has 0 aromatic carbocycles. The van der Waals surface area contributed by atoms with Crippen molar-refractivity contribution < 1.29 is 13.2 Å². The summed E-state index contributed by atoms with van der Waals surface area (Å²) >= 11 is 5.77. The van der Waals surface area contributed by atoms with E-state index in [0.29, 0.717) is 43.3 Å². The van der Waals surface area contributed by atoms with E-state index in [-0.39, 0.29) is 11.4 Å². The molecule has 4 heterocycles.